The highest BCUT2D eigenvalue weighted by atomic mass is 79.9. The van der Waals surface area contributed by atoms with Crippen LogP contribution in [0.4, 0.5) is 11.4 Å². The molecule has 0 spiro atoms. The number of fused-ring (bicyclic) bond motifs is 3. The summed E-state index contributed by atoms with van der Waals surface area (Å²) in [6.07, 6.45) is 0. The summed E-state index contributed by atoms with van der Waals surface area (Å²) >= 11 is 3.61. The fraction of sp³-hybridized carbons (Fsp3) is 0. The Bertz CT molecular complexity index is 1260. The van der Waals surface area contributed by atoms with Crippen LogP contribution in [0.1, 0.15) is 0 Å². The second-order valence-electron chi connectivity index (χ2n) is 6.52. The number of rotatable bonds is 3. The molecular formula is C24H17BrN2. The molecule has 0 unspecified atom stereocenters. The molecule has 5 aromatic rings. The van der Waals surface area contributed by atoms with Gasteiger partial charge in [0.25, 0.3) is 0 Å². The van der Waals surface area contributed by atoms with E-state index in [-0.39, 0.29) is 0 Å². The van der Waals surface area contributed by atoms with Gasteiger partial charge in [0.2, 0.25) is 0 Å². The van der Waals surface area contributed by atoms with Crippen LogP contribution in [0, 0.1) is 0 Å². The molecule has 5 rings (SSSR count). The van der Waals surface area contributed by atoms with Crippen molar-refractivity contribution < 1.29 is 0 Å². The lowest BCUT2D eigenvalue weighted by molar-refractivity contribution is 1.18. The zero-order valence-corrected chi connectivity index (χ0v) is 16.1. The number of anilines is 2. The van der Waals surface area contributed by atoms with Gasteiger partial charge in [-0.05, 0) is 64.5 Å². The lowest BCUT2D eigenvalue weighted by atomic mass is 10.1. The second kappa shape index (κ2) is 6.60. The van der Waals surface area contributed by atoms with E-state index in [0.717, 1.165) is 15.8 Å². The highest BCUT2D eigenvalue weighted by molar-refractivity contribution is 9.10. The van der Waals surface area contributed by atoms with Crippen molar-refractivity contribution >= 4 is 49.1 Å². The number of halogens is 1. The first-order chi connectivity index (χ1) is 13.3. The van der Waals surface area contributed by atoms with E-state index in [1.807, 2.05) is 18.2 Å². The van der Waals surface area contributed by atoms with E-state index in [9.17, 15) is 0 Å². The van der Waals surface area contributed by atoms with Crippen LogP contribution >= 0.6 is 15.9 Å². The van der Waals surface area contributed by atoms with Gasteiger partial charge in [0, 0.05) is 26.6 Å². The summed E-state index contributed by atoms with van der Waals surface area (Å²) in [5.74, 6) is 0. The maximum atomic E-state index is 3.61. The molecule has 0 atom stereocenters. The first-order valence-corrected chi connectivity index (χ1v) is 9.71. The second-order valence-corrected chi connectivity index (χ2v) is 7.38. The third-order valence-corrected chi connectivity index (χ3v) is 5.53. The number of hydrogen-bond donors (Lipinski definition) is 1. The highest BCUT2D eigenvalue weighted by Crippen LogP contribution is 2.34. The minimum absolute atomic E-state index is 1.05. The van der Waals surface area contributed by atoms with Crippen LogP contribution in [0.15, 0.2) is 102 Å². The Labute approximate surface area is 166 Å². The number of para-hydroxylation sites is 3. The van der Waals surface area contributed by atoms with E-state index < -0.39 is 0 Å². The molecule has 2 nitrogen and oxygen atoms in total. The van der Waals surface area contributed by atoms with E-state index in [2.05, 4.69) is 105 Å². The van der Waals surface area contributed by atoms with Gasteiger partial charge in [0.15, 0.2) is 0 Å². The first-order valence-electron chi connectivity index (χ1n) is 8.91. The van der Waals surface area contributed by atoms with E-state index >= 15 is 0 Å². The lowest BCUT2D eigenvalue weighted by Gasteiger charge is -2.10. The smallest absolute Gasteiger partial charge is 0.0542 e. The Morgan fingerprint density at radius 3 is 2.19 bits per heavy atom. The Morgan fingerprint density at radius 2 is 1.33 bits per heavy atom. The van der Waals surface area contributed by atoms with Crippen molar-refractivity contribution in [3.63, 3.8) is 0 Å². The average Bonchev–Trinajstić information content (AvgIpc) is 3.04. The molecule has 0 bridgehead atoms. The van der Waals surface area contributed by atoms with Gasteiger partial charge in [0.1, 0.15) is 0 Å². The van der Waals surface area contributed by atoms with Gasteiger partial charge in [0.05, 0.1) is 16.7 Å². The molecule has 4 aromatic carbocycles. The molecule has 0 radical (unpaired) electrons. The zero-order valence-electron chi connectivity index (χ0n) is 14.6. The molecule has 1 N–H and O–H groups in total. The Balaban J connectivity index is 1.72. The van der Waals surface area contributed by atoms with Crippen LogP contribution in [-0.4, -0.2) is 4.57 Å². The van der Waals surface area contributed by atoms with Crippen molar-refractivity contribution in [3.8, 4) is 5.69 Å². The van der Waals surface area contributed by atoms with Crippen LogP contribution in [0.2, 0.25) is 0 Å². The largest absolute Gasteiger partial charge is 0.355 e. The predicted octanol–water partition coefficient (Wildman–Crippen LogP) is 7.29. The van der Waals surface area contributed by atoms with Gasteiger partial charge < -0.3 is 9.88 Å². The molecule has 27 heavy (non-hydrogen) atoms. The summed E-state index contributed by atoms with van der Waals surface area (Å²) in [6.45, 7) is 0. The van der Waals surface area contributed by atoms with Crippen LogP contribution in [0.3, 0.4) is 0 Å². The maximum absolute atomic E-state index is 3.61. The summed E-state index contributed by atoms with van der Waals surface area (Å²) in [7, 11) is 0. The van der Waals surface area contributed by atoms with Crippen LogP contribution in [-0.2, 0) is 0 Å². The molecule has 1 heterocycles. The van der Waals surface area contributed by atoms with Crippen molar-refractivity contribution in [2.24, 2.45) is 0 Å². The number of nitrogens with zero attached hydrogens (tertiary/aromatic N) is 1. The monoisotopic (exact) mass is 412 g/mol. The average molecular weight is 413 g/mol. The maximum Gasteiger partial charge on any atom is 0.0542 e. The minimum Gasteiger partial charge on any atom is -0.355 e. The third-order valence-electron chi connectivity index (χ3n) is 4.84. The molecule has 130 valence electrons. The van der Waals surface area contributed by atoms with Gasteiger partial charge in [-0.25, -0.2) is 0 Å². The molecule has 0 aliphatic heterocycles. The van der Waals surface area contributed by atoms with Crippen molar-refractivity contribution in [2.75, 3.05) is 5.32 Å². The molecule has 0 amide bonds. The van der Waals surface area contributed by atoms with Crippen LogP contribution < -0.4 is 5.32 Å². The fourth-order valence-corrected chi connectivity index (χ4v) is 4.01. The summed E-state index contributed by atoms with van der Waals surface area (Å²) in [5, 5.41) is 6.02. The van der Waals surface area contributed by atoms with Gasteiger partial charge in [-0.1, -0.05) is 48.5 Å². The third kappa shape index (κ3) is 2.81. The minimum atomic E-state index is 1.05. The molecule has 1 aromatic heterocycles. The number of hydrogen-bond acceptors (Lipinski definition) is 1. The number of aromatic nitrogens is 1. The molecule has 0 saturated heterocycles. The molecular weight excluding hydrogens is 396 g/mol. The van der Waals surface area contributed by atoms with Crippen molar-refractivity contribution in [3.05, 3.63) is 102 Å². The van der Waals surface area contributed by atoms with Gasteiger partial charge in [-0.15, -0.1) is 0 Å². The van der Waals surface area contributed by atoms with E-state index in [1.165, 1.54) is 27.5 Å². The Hall–Kier alpha value is -3.04. The molecule has 0 aliphatic rings. The van der Waals surface area contributed by atoms with E-state index in [1.54, 1.807) is 0 Å². The topological polar surface area (TPSA) is 17.0 Å². The number of nitrogens with one attached hydrogen (secondary N) is 1. The molecule has 0 aliphatic carbocycles. The quantitative estimate of drug-likeness (QED) is 0.329. The highest BCUT2D eigenvalue weighted by Gasteiger charge is 2.12. The zero-order chi connectivity index (χ0) is 18.2. The normalized spacial score (nSPS) is 11.1. The summed E-state index contributed by atoms with van der Waals surface area (Å²) in [4.78, 5) is 0. The lowest BCUT2D eigenvalue weighted by Crippen LogP contribution is -1.94. The summed E-state index contributed by atoms with van der Waals surface area (Å²) < 4.78 is 3.38. The van der Waals surface area contributed by atoms with Crippen molar-refractivity contribution in [2.45, 2.75) is 0 Å². The predicted molar refractivity (Wildman–Crippen MR) is 118 cm³/mol. The molecule has 3 heteroatoms. The Morgan fingerprint density at radius 1 is 0.630 bits per heavy atom. The molecule has 0 fully saturated rings. The van der Waals surface area contributed by atoms with Gasteiger partial charge >= 0.3 is 0 Å². The summed E-state index contributed by atoms with van der Waals surface area (Å²) in [6, 6.07) is 33.8. The first kappa shape index (κ1) is 16.2. The standard InChI is InChI=1S/C24H17BrN2/c25-21-11-5-6-12-22(21)26-17-14-15-24-20(16-17)19-10-4-7-13-23(19)27(24)18-8-2-1-3-9-18/h1-16,26H. The summed E-state index contributed by atoms with van der Waals surface area (Å²) in [5.41, 5.74) is 5.74. The van der Waals surface area contributed by atoms with E-state index in [0.29, 0.717) is 0 Å². The fourth-order valence-electron chi connectivity index (χ4n) is 3.62. The van der Waals surface area contributed by atoms with Crippen molar-refractivity contribution in [1.29, 1.82) is 0 Å². The van der Waals surface area contributed by atoms with Crippen LogP contribution in [0.25, 0.3) is 27.5 Å². The SMILES string of the molecule is Brc1ccccc1Nc1ccc2c(c1)c1ccccc1n2-c1ccccc1. The van der Waals surface area contributed by atoms with Gasteiger partial charge in [-0.2, -0.15) is 0 Å². The van der Waals surface area contributed by atoms with Gasteiger partial charge in [-0.3, -0.25) is 0 Å². The van der Waals surface area contributed by atoms with Crippen molar-refractivity contribution in [1.82, 2.24) is 4.57 Å². The number of benzene rings is 4. The van der Waals surface area contributed by atoms with Crippen LogP contribution in [0.5, 0.6) is 0 Å². The van der Waals surface area contributed by atoms with E-state index in [4.69, 9.17) is 0 Å². The Kier molecular flexibility index (Phi) is 3.95. The molecule has 0 saturated carbocycles.